The second kappa shape index (κ2) is 8.12. The molecule has 6 nitrogen and oxygen atoms in total. The minimum Gasteiger partial charge on any atom is -0.343 e. The van der Waals surface area contributed by atoms with E-state index >= 15 is 0 Å². The highest BCUT2D eigenvalue weighted by atomic mass is 32.1. The van der Waals surface area contributed by atoms with Gasteiger partial charge in [-0.1, -0.05) is 42.0 Å². The van der Waals surface area contributed by atoms with Crippen LogP contribution in [-0.2, 0) is 11.2 Å². The van der Waals surface area contributed by atoms with E-state index in [0.29, 0.717) is 17.8 Å². The molecule has 0 saturated carbocycles. The lowest BCUT2D eigenvalue weighted by atomic mass is 10.1. The topological polar surface area (TPSA) is 66.7 Å². The highest BCUT2D eigenvalue weighted by molar-refractivity contribution is 7.15. The van der Waals surface area contributed by atoms with Gasteiger partial charge in [0.1, 0.15) is 5.69 Å². The molecule has 0 bridgehead atoms. The minimum atomic E-state index is -0.0688. The molecule has 2 heterocycles. The normalized spacial score (nSPS) is 10.9. The fraction of sp³-hybridized carbons (Fsp3) is 0.174. The Kier molecular flexibility index (Phi) is 5.37. The quantitative estimate of drug-likeness (QED) is 0.527. The summed E-state index contributed by atoms with van der Waals surface area (Å²) in [6.45, 7) is 2.02. The van der Waals surface area contributed by atoms with E-state index in [4.69, 9.17) is 0 Å². The summed E-state index contributed by atoms with van der Waals surface area (Å²) in [4.78, 5) is 31.7. The Morgan fingerprint density at radius 1 is 1.13 bits per heavy atom. The lowest BCUT2D eigenvalue weighted by Gasteiger charge is -2.08. The zero-order valence-corrected chi connectivity index (χ0v) is 17.9. The first-order valence-electron chi connectivity index (χ1n) is 9.55. The van der Waals surface area contributed by atoms with E-state index in [1.807, 2.05) is 71.4 Å². The van der Waals surface area contributed by atoms with Crippen molar-refractivity contribution in [2.24, 2.45) is 0 Å². The van der Waals surface area contributed by atoms with Crippen molar-refractivity contribution in [1.29, 1.82) is 0 Å². The predicted octanol–water partition coefficient (Wildman–Crippen LogP) is 4.25. The number of amides is 2. The number of rotatable bonds is 5. The van der Waals surface area contributed by atoms with Crippen molar-refractivity contribution < 1.29 is 9.59 Å². The molecule has 0 fully saturated rings. The van der Waals surface area contributed by atoms with Crippen LogP contribution < -0.4 is 5.32 Å². The fourth-order valence-corrected chi connectivity index (χ4v) is 4.01. The number of carbonyl (C=O) groups excluding carboxylic acids is 2. The monoisotopic (exact) mass is 418 g/mol. The average molecular weight is 419 g/mol. The lowest BCUT2D eigenvalue weighted by molar-refractivity contribution is -0.115. The maximum absolute atomic E-state index is 12.4. The van der Waals surface area contributed by atoms with Gasteiger partial charge in [-0.2, -0.15) is 0 Å². The van der Waals surface area contributed by atoms with E-state index in [1.165, 1.54) is 16.9 Å². The van der Waals surface area contributed by atoms with E-state index in [9.17, 15) is 9.59 Å². The van der Waals surface area contributed by atoms with Crippen molar-refractivity contribution in [2.45, 2.75) is 13.3 Å². The van der Waals surface area contributed by atoms with Crippen LogP contribution in [0.25, 0.3) is 16.2 Å². The summed E-state index contributed by atoms with van der Waals surface area (Å²) in [6, 6.07) is 15.5. The molecule has 0 saturated heterocycles. The number of nitrogens with zero attached hydrogens (tertiary/aromatic N) is 3. The van der Waals surface area contributed by atoms with Crippen molar-refractivity contribution in [3.05, 3.63) is 76.9 Å². The Hall–Kier alpha value is -3.45. The minimum absolute atomic E-state index is 0.0673. The van der Waals surface area contributed by atoms with Crippen molar-refractivity contribution in [1.82, 2.24) is 14.3 Å². The summed E-state index contributed by atoms with van der Waals surface area (Å²) in [5, 5.41) is 4.77. The maximum Gasteiger partial charge on any atom is 0.271 e. The van der Waals surface area contributed by atoms with E-state index in [0.717, 1.165) is 21.8 Å². The number of nitrogens with one attached hydrogen (secondary N) is 1. The standard InChI is InChI=1S/C23H22N4O2S/c1-15-7-9-16(10-8-15)11-21(28)24-18-6-4-5-17(12-18)19-13-27-20(22(29)26(2)3)14-30-23(27)25-19/h4-10,12-14H,11H2,1-3H3,(H,24,28). The van der Waals surface area contributed by atoms with Gasteiger partial charge in [0, 0.05) is 36.9 Å². The summed E-state index contributed by atoms with van der Waals surface area (Å²) in [5.74, 6) is -0.136. The highest BCUT2D eigenvalue weighted by Crippen LogP contribution is 2.26. The van der Waals surface area contributed by atoms with Crippen LogP contribution in [0.2, 0.25) is 0 Å². The molecule has 4 aromatic rings. The molecule has 2 aromatic heterocycles. The average Bonchev–Trinajstić information content (AvgIpc) is 3.30. The summed E-state index contributed by atoms with van der Waals surface area (Å²) >= 11 is 1.43. The molecule has 152 valence electrons. The number of benzene rings is 2. The van der Waals surface area contributed by atoms with Crippen LogP contribution in [0, 0.1) is 6.92 Å². The summed E-state index contributed by atoms with van der Waals surface area (Å²) in [5.41, 5.74) is 5.07. The molecule has 0 spiro atoms. The number of imidazole rings is 1. The molecular weight excluding hydrogens is 396 g/mol. The van der Waals surface area contributed by atoms with Gasteiger partial charge < -0.3 is 10.2 Å². The third kappa shape index (κ3) is 4.11. The number of aromatic nitrogens is 2. The molecule has 0 unspecified atom stereocenters. The molecule has 0 aliphatic heterocycles. The highest BCUT2D eigenvalue weighted by Gasteiger charge is 2.16. The van der Waals surface area contributed by atoms with Crippen LogP contribution in [0.1, 0.15) is 21.6 Å². The van der Waals surface area contributed by atoms with Crippen molar-refractivity contribution in [3.63, 3.8) is 0 Å². The van der Waals surface area contributed by atoms with Crippen molar-refractivity contribution >= 4 is 33.8 Å². The molecule has 2 aromatic carbocycles. The largest absolute Gasteiger partial charge is 0.343 e. The van der Waals surface area contributed by atoms with Crippen LogP contribution in [0.15, 0.2) is 60.1 Å². The number of aryl methyl sites for hydroxylation is 1. The second-order valence-electron chi connectivity index (χ2n) is 7.39. The first-order chi connectivity index (χ1) is 14.4. The van der Waals surface area contributed by atoms with E-state index in [2.05, 4.69) is 10.3 Å². The molecular formula is C23H22N4O2S. The van der Waals surface area contributed by atoms with Crippen LogP contribution >= 0.6 is 11.3 Å². The van der Waals surface area contributed by atoms with Crippen molar-refractivity contribution in [3.8, 4) is 11.3 Å². The molecule has 7 heteroatoms. The van der Waals surface area contributed by atoms with Gasteiger partial charge in [0.25, 0.3) is 5.91 Å². The predicted molar refractivity (Wildman–Crippen MR) is 120 cm³/mol. The summed E-state index contributed by atoms with van der Waals surface area (Å²) < 4.78 is 1.81. The third-order valence-corrected chi connectivity index (χ3v) is 5.60. The van der Waals surface area contributed by atoms with Crippen LogP contribution in [0.3, 0.4) is 0 Å². The van der Waals surface area contributed by atoms with Gasteiger partial charge in [0.05, 0.1) is 12.1 Å². The molecule has 2 amide bonds. The third-order valence-electron chi connectivity index (χ3n) is 4.76. The maximum atomic E-state index is 12.4. The van der Waals surface area contributed by atoms with Crippen molar-refractivity contribution in [2.75, 3.05) is 19.4 Å². The van der Waals surface area contributed by atoms with E-state index in [1.54, 1.807) is 19.0 Å². The van der Waals surface area contributed by atoms with Gasteiger partial charge in [0.15, 0.2) is 4.96 Å². The Balaban J connectivity index is 1.54. The smallest absolute Gasteiger partial charge is 0.271 e. The van der Waals surface area contributed by atoms with Crippen LogP contribution in [0.4, 0.5) is 5.69 Å². The number of thiazole rings is 1. The second-order valence-corrected chi connectivity index (χ2v) is 8.23. The molecule has 0 atom stereocenters. The Morgan fingerprint density at radius 2 is 1.90 bits per heavy atom. The summed E-state index contributed by atoms with van der Waals surface area (Å²) in [7, 11) is 3.46. The first-order valence-corrected chi connectivity index (χ1v) is 10.4. The molecule has 1 N–H and O–H groups in total. The van der Waals surface area contributed by atoms with Gasteiger partial charge >= 0.3 is 0 Å². The fourth-order valence-electron chi connectivity index (χ4n) is 3.16. The Labute approximate surface area is 178 Å². The Bertz CT molecular complexity index is 1220. The molecule has 4 rings (SSSR count). The summed E-state index contributed by atoms with van der Waals surface area (Å²) in [6.07, 6.45) is 2.18. The van der Waals surface area contributed by atoms with Crippen LogP contribution in [0.5, 0.6) is 0 Å². The molecule has 0 aliphatic rings. The number of fused-ring (bicyclic) bond motifs is 1. The zero-order valence-electron chi connectivity index (χ0n) is 17.0. The number of hydrogen-bond acceptors (Lipinski definition) is 4. The number of carbonyl (C=O) groups is 2. The molecule has 0 radical (unpaired) electrons. The van der Waals surface area contributed by atoms with Gasteiger partial charge in [-0.15, -0.1) is 11.3 Å². The number of hydrogen-bond donors (Lipinski definition) is 1. The molecule has 0 aliphatic carbocycles. The van der Waals surface area contributed by atoms with E-state index < -0.39 is 0 Å². The van der Waals surface area contributed by atoms with Gasteiger partial charge in [-0.25, -0.2) is 4.98 Å². The first kappa shape index (κ1) is 19.8. The SMILES string of the molecule is Cc1ccc(CC(=O)Nc2cccc(-c3cn4c(C(=O)N(C)C)csc4n3)c2)cc1. The van der Waals surface area contributed by atoms with Gasteiger partial charge in [-0.05, 0) is 24.6 Å². The Morgan fingerprint density at radius 3 is 2.63 bits per heavy atom. The van der Waals surface area contributed by atoms with Gasteiger partial charge in [0.2, 0.25) is 5.91 Å². The van der Waals surface area contributed by atoms with E-state index in [-0.39, 0.29) is 11.8 Å². The zero-order chi connectivity index (χ0) is 21.3. The lowest BCUT2D eigenvalue weighted by Crippen LogP contribution is -2.22. The van der Waals surface area contributed by atoms with Gasteiger partial charge in [-0.3, -0.25) is 14.0 Å². The molecule has 30 heavy (non-hydrogen) atoms. The number of anilines is 1. The van der Waals surface area contributed by atoms with Crippen LogP contribution in [-0.4, -0.2) is 40.2 Å².